The van der Waals surface area contributed by atoms with E-state index in [1.165, 1.54) is 23.6 Å². The predicted octanol–water partition coefficient (Wildman–Crippen LogP) is 1.37. The van der Waals surface area contributed by atoms with Crippen LogP contribution in [0.15, 0.2) is 16.7 Å². The summed E-state index contributed by atoms with van der Waals surface area (Å²) in [5.41, 5.74) is 1.42. The first-order valence-electron chi connectivity index (χ1n) is 1.93. The largest absolute Gasteiger partial charge is 0.438 e. The number of ether oxygens (including phenoxy) is 1. The lowest BCUT2D eigenvalue weighted by atomic mass is 11.1. The number of aliphatic imine (C=N–C) groups is 1. The third kappa shape index (κ3) is 1.38. The topological polar surface area (TPSA) is 38.7 Å². The molecule has 0 aliphatic carbocycles. The number of nitrogens with zero attached hydrogens (tertiary/aromatic N) is 1. The van der Waals surface area contributed by atoms with Crippen LogP contribution in [0.5, 0.6) is 0 Å². The van der Waals surface area contributed by atoms with E-state index >= 15 is 0 Å². The molecule has 0 atom stereocenters. The monoisotopic (exact) mass is 129 g/mol. The van der Waals surface area contributed by atoms with Crippen molar-refractivity contribution in [2.75, 3.05) is 0 Å². The molecule has 0 unspecified atom stereocenters. The molecular formula is C4H3NO2S. The standard InChI is InChI=1S/C4H3NO2S/c6-4-5-3-8-2-1-7-4/h1-3H. The van der Waals surface area contributed by atoms with Crippen molar-refractivity contribution in [1.82, 2.24) is 0 Å². The van der Waals surface area contributed by atoms with Crippen LogP contribution in [-0.4, -0.2) is 11.6 Å². The van der Waals surface area contributed by atoms with E-state index in [0.29, 0.717) is 0 Å². The van der Waals surface area contributed by atoms with Crippen LogP contribution in [0, 0.1) is 0 Å². The fraction of sp³-hybridized carbons (Fsp3) is 0. The summed E-state index contributed by atoms with van der Waals surface area (Å²) in [6.07, 6.45) is 0.742. The quantitative estimate of drug-likeness (QED) is 0.495. The maximum atomic E-state index is 10.2. The van der Waals surface area contributed by atoms with Crippen molar-refractivity contribution >= 4 is 23.4 Å². The van der Waals surface area contributed by atoms with Gasteiger partial charge in [0, 0.05) is 5.41 Å². The zero-order valence-electron chi connectivity index (χ0n) is 3.90. The Labute approximate surface area is 50.4 Å². The summed E-state index contributed by atoms with van der Waals surface area (Å²) in [6, 6.07) is 0. The van der Waals surface area contributed by atoms with E-state index in [0.717, 1.165) is 0 Å². The lowest BCUT2D eigenvalue weighted by Crippen LogP contribution is -1.87. The molecule has 1 aliphatic rings. The lowest BCUT2D eigenvalue weighted by molar-refractivity contribution is 0.197. The summed E-state index contributed by atoms with van der Waals surface area (Å²) in [4.78, 5) is 13.5. The Morgan fingerprint density at radius 3 is 3.50 bits per heavy atom. The van der Waals surface area contributed by atoms with Crippen molar-refractivity contribution in [2.45, 2.75) is 0 Å². The molecule has 0 saturated carbocycles. The Kier molecular flexibility index (Phi) is 1.69. The van der Waals surface area contributed by atoms with Crippen molar-refractivity contribution < 1.29 is 9.53 Å². The van der Waals surface area contributed by atoms with Crippen LogP contribution in [0.3, 0.4) is 0 Å². The van der Waals surface area contributed by atoms with Crippen molar-refractivity contribution in [3.05, 3.63) is 11.7 Å². The van der Waals surface area contributed by atoms with Gasteiger partial charge in [0.15, 0.2) is 0 Å². The average molecular weight is 129 g/mol. The van der Waals surface area contributed by atoms with Gasteiger partial charge in [-0.15, -0.1) is 0 Å². The van der Waals surface area contributed by atoms with E-state index in [9.17, 15) is 4.79 Å². The van der Waals surface area contributed by atoms with Crippen LogP contribution in [-0.2, 0) is 4.74 Å². The molecule has 0 bridgehead atoms. The minimum absolute atomic E-state index is 0.564. The second-order valence-electron chi connectivity index (χ2n) is 1.03. The van der Waals surface area contributed by atoms with Gasteiger partial charge < -0.3 is 4.74 Å². The Morgan fingerprint density at radius 2 is 2.62 bits per heavy atom. The molecule has 0 radical (unpaired) electrons. The minimum atomic E-state index is -0.564. The van der Waals surface area contributed by atoms with Crippen LogP contribution < -0.4 is 0 Å². The molecule has 42 valence electrons. The molecule has 0 aromatic carbocycles. The first kappa shape index (κ1) is 5.37. The van der Waals surface area contributed by atoms with Crippen LogP contribution in [0.1, 0.15) is 0 Å². The van der Waals surface area contributed by atoms with Crippen LogP contribution in [0.4, 0.5) is 4.79 Å². The molecule has 0 aromatic heterocycles. The highest BCUT2D eigenvalue weighted by Crippen LogP contribution is 2.02. The van der Waals surface area contributed by atoms with Gasteiger partial charge in [-0.1, -0.05) is 11.8 Å². The number of amides is 1. The van der Waals surface area contributed by atoms with Gasteiger partial charge in [-0.25, -0.2) is 4.79 Å². The van der Waals surface area contributed by atoms with Gasteiger partial charge in [-0.2, -0.15) is 4.99 Å². The maximum Gasteiger partial charge on any atom is 0.438 e. The third-order valence-electron chi connectivity index (χ3n) is 0.522. The summed E-state index contributed by atoms with van der Waals surface area (Å²) < 4.78 is 4.36. The average Bonchev–Trinajstić information content (AvgIpc) is 1.94. The van der Waals surface area contributed by atoms with Gasteiger partial charge >= 0.3 is 6.09 Å². The van der Waals surface area contributed by atoms with Crippen LogP contribution in [0.2, 0.25) is 0 Å². The van der Waals surface area contributed by atoms with Gasteiger partial charge in [0.2, 0.25) is 0 Å². The molecular weight excluding hydrogens is 126 g/mol. The van der Waals surface area contributed by atoms with E-state index in [-0.39, 0.29) is 0 Å². The maximum absolute atomic E-state index is 10.2. The van der Waals surface area contributed by atoms with Crippen LogP contribution >= 0.6 is 11.8 Å². The number of thioether (sulfide) groups is 1. The second kappa shape index (κ2) is 2.52. The first-order valence-corrected chi connectivity index (χ1v) is 2.87. The minimum Gasteiger partial charge on any atom is -0.416 e. The van der Waals surface area contributed by atoms with Gasteiger partial charge in [0.1, 0.15) is 6.26 Å². The van der Waals surface area contributed by atoms with Crippen molar-refractivity contribution in [1.29, 1.82) is 0 Å². The third-order valence-corrected chi connectivity index (χ3v) is 1.02. The summed E-state index contributed by atoms with van der Waals surface area (Å²) in [7, 11) is 0. The highest BCUT2D eigenvalue weighted by Gasteiger charge is 1.94. The molecule has 4 heteroatoms. The summed E-state index contributed by atoms with van der Waals surface area (Å²) >= 11 is 1.30. The Morgan fingerprint density at radius 1 is 1.75 bits per heavy atom. The molecule has 8 heavy (non-hydrogen) atoms. The van der Waals surface area contributed by atoms with E-state index in [2.05, 4.69) is 9.73 Å². The molecule has 1 rings (SSSR count). The molecule has 1 amide bonds. The lowest BCUT2D eigenvalue weighted by Gasteiger charge is -1.83. The van der Waals surface area contributed by atoms with Crippen molar-refractivity contribution in [2.24, 2.45) is 4.99 Å². The molecule has 0 fully saturated rings. The van der Waals surface area contributed by atoms with Gasteiger partial charge in [0.05, 0.1) is 5.55 Å². The molecule has 0 aromatic rings. The molecule has 1 aliphatic heterocycles. The molecule has 0 N–H and O–H groups in total. The van der Waals surface area contributed by atoms with E-state index in [1.807, 2.05) is 0 Å². The van der Waals surface area contributed by atoms with Gasteiger partial charge in [-0.05, 0) is 0 Å². The second-order valence-corrected chi connectivity index (χ2v) is 1.78. The van der Waals surface area contributed by atoms with Crippen molar-refractivity contribution in [3.63, 3.8) is 0 Å². The number of rotatable bonds is 0. The van der Waals surface area contributed by atoms with Gasteiger partial charge in [-0.3, -0.25) is 0 Å². The van der Waals surface area contributed by atoms with Crippen molar-refractivity contribution in [3.8, 4) is 0 Å². The zero-order chi connectivity index (χ0) is 5.82. The molecule has 0 spiro atoms. The van der Waals surface area contributed by atoms with E-state index in [1.54, 1.807) is 5.41 Å². The first-order chi connectivity index (χ1) is 3.89. The summed E-state index contributed by atoms with van der Waals surface area (Å²) in [5.74, 6) is 0. The zero-order valence-corrected chi connectivity index (χ0v) is 4.72. The number of cyclic esters (lactones) is 1. The Balaban J connectivity index is 2.61. The number of carbonyl (C=O) groups excluding carboxylic acids is 1. The molecule has 0 saturated heterocycles. The van der Waals surface area contributed by atoms with Gasteiger partial charge in [0.25, 0.3) is 0 Å². The summed E-state index contributed by atoms with van der Waals surface area (Å²) in [6.45, 7) is 0. The highest BCUT2D eigenvalue weighted by molar-refractivity contribution is 8.14. The SMILES string of the molecule is O=C1N=CSC=CO1. The Hall–Kier alpha value is -0.770. The number of hydrogen-bond donors (Lipinski definition) is 0. The number of carbonyl (C=O) groups is 1. The fourth-order valence-corrected chi connectivity index (χ4v) is 0.594. The predicted molar refractivity (Wildman–Crippen MR) is 31.7 cm³/mol. The van der Waals surface area contributed by atoms with E-state index < -0.39 is 6.09 Å². The summed E-state index contributed by atoms with van der Waals surface area (Å²) in [5, 5.41) is 1.63. The normalized spacial score (nSPS) is 17.8. The molecule has 1 heterocycles. The van der Waals surface area contributed by atoms with E-state index in [4.69, 9.17) is 0 Å². The molecule has 3 nitrogen and oxygen atoms in total. The fourth-order valence-electron chi connectivity index (χ4n) is 0.257. The highest BCUT2D eigenvalue weighted by atomic mass is 32.2. The number of hydrogen-bond acceptors (Lipinski definition) is 3. The Bertz CT molecular complexity index is 152. The smallest absolute Gasteiger partial charge is 0.416 e. The van der Waals surface area contributed by atoms with Crippen LogP contribution in [0.25, 0.3) is 0 Å².